The van der Waals surface area contributed by atoms with Gasteiger partial charge in [0.2, 0.25) is 15.9 Å². The highest BCUT2D eigenvalue weighted by Gasteiger charge is 2.33. The van der Waals surface area contributed by atoms with E-state index < -0.39 is 10.0 Å². The molecule has 0 aliphatic carbocycles. The number of methoxy groups -OCH3 is 1. The molecule has 4 rings (SSSR count). The van der Waals surface area contributed by atoms with Crippen LogP contribution < -0.4 is 4.74 Å². The molecule has 2 fully saturated rings. The first-order chi connectivity index (χ1) is 16.4. The molecular weight excluding hydrogens is 452 g/mol. The van der Waals surface area contributed by atoms with E-state index in [1.165, 1.54) is 9.87 Å². The lowest BCUT2D eigenvalue weighted by Gasteiger charge is -2.40. The van der Waals surface area contributed by atoms with Gasteiger partial charge in [-0.15, -0.1) is 0 Å². The minimum Gasteiger partial charge on any atom is -0.497 e. The quantitative estimate of drug-likeness (QED) is 0.594. The molecule has 34 heavy (non-hydrogen) atoms. The van der Waals surface area contributed by atoms with Gasteiger partial charge in [0.15, 0.2) is 0 Å². The fourth-order valence-corrected chi connectivity index (χ4v) is 6.05. The summed E-state index contributed by atoms with van der Waals surface area (Å²) in [5.74, 6) is 0.944. The Morgan fingerprint density at radius 3 is 2.09 bits per heavy atom. The Morgan fingerprint density at radius 2 is 1.50 bits per heavy atom. The summed E-state index contributed by atoms with van der Waals surface area (Å²) in [6, 6.07) is 16.4. The second-order valence-electron chi connectivity index (χ2n) is 8.88. The van der Waals surface area contributed by atoms with Crippen molar-refractivity contribution in [3.05, 3.63) is 60.2 Å². The van der Waals surface area contributed by atoms with Gasteiger partial charge in [-0.3, -0.25) is 14.6 Å². The summed E-state index contributed by atoms with van der Waals surface area (Å²) in [5, 5.41) is 0. The van der Waals surface area contributed by atoms with Crippen LogP contribution in [0, 0.1) is 0 Å². The maximum Gasteiger partial charge on any atom is 0.243 e. The standard InChI is InChI=1S/C25H34N4O4S/c1-21(27-14-12-26(13-15-27)20-22-8-10-23(33-2)11-9-22)25(30)28-16-18-29(19-17-28)34(31,32)24-6-4-3-5-7-24/h3-11,21H,12-20H2,1-2H3/t21-/m1/s1. The number of hydrogen-bond acceptors (Lipinski definition) is 6. The Morgan fingerprint density at radius 1 is 0.882 bits per heavy atom. The van der Waals surface area contributed by atoms with E-state index in [0.717, 1.165) is 38.5 Å². The maximum atomic E-state index is 13.1. The van der Waals surface area contributed by atoms with Crippen molar-refractivity contribution in [2.45, 2.75) is 24.4 Å². The molecule has 2 aliphatic rings. The SMILES string of the molecule is COc1ccc(CN2CCN([C@H](C)C(=O)N3CCN(S(=O)(=O)c4ccccc4)CC3)CC2)cc1. The van der Waals surface area contributed by atoms with Gasteiger partial charge in [-0.2, -0.15) is 4.31 Å². The first kappa shape index (κ1) is 24.7. The lowest BCUT2D eigenvalue weighted by Crippen LogP contribution is -2.57. The van der Waals surface area contributed by atoms with Crippen LogP contribution >= 0.6 is 0 Å². The molecule has 1 atom stereocenters. The lowest BCUT2D eigenvalue weighted by molar-refractivity contribution is -0.138. The Kier molecular flexibility index (Phi) is 7.88. The molecule has 0 spiro atoms. The molecular formula is C25H34N4O4S. The van der Waals surface area contributed by atoms with Gasteiger partial charge in [0.25, 0.3) is 0 Å². The molecule has 8 nitrogen and oxygen atoms in total. The smallest absolute Gasteiger partial charge is 0.243 e. The fourth-order valence-electron chi connectivity index (χ4n) is 4.61. The van der Waals surface area contributed by atoms with Crippen molar-refractivity contribution >= 4 is 15.9 Å². The summed E-state index contributed by atoms with van der Waals surface area (Å²) in [6.45, 7) is 7.85. The van der Waals surface area contributed by atoms with Crippen molar-refractivity contribution in [1.82, 2.24) is 19.0 Å². The van der Waals surface area contributed by atoms with E-state index >= 15 is 0 Å². The van der Waals surface area contributed by atoms with Gasteiger partial charge < -0.3 is 9.64 Å². The Balaban J connectivity index is 1.25. The van der Waals surface area contributed by atoms with Gasteiger partial charge in [-0.05, 0) is 36.8 Å². The highest BCUT2D eigenvalue weighted by Crippen LogP contribution is 2.19. The number of sulfonamides is 1. The summed E-state index contributed by atoms with van der Waals surface area (Å²) < 4.78 is 32.4. The fraction of sp³-hybridized carbons (Fsp3) is 0.480. The third kappa shape index (κ3) is 5.60. The molecule has 0 N–H and O–H groups in total. The summed E-state index contributed by atoms with van der Waals surface area (Å²) in [7, 11) is -1.85. The van der Waals surface area contributed by atoms with Crippen LogP contribution in [0.5, 0.6) is 5.75 Å². The van der Waals surface area contributed by atoms with E-state index in [9.17, 15) is 13.2 Å². The van der Waals surface area contributed by atoms with Gasteiger partial charge in [-0.1, -0.05) is 30.3 Å². The lowest BCUT2D eigenvalue weighted by atomic mass is 10.1. The van der Waals surface area contributed by atoms with Crippen LogP contribution in [-0.4, -0.2) is 98.8 Å². The van der Waals surface area contributed by atoms with E-state index in [2.05, 4.69) is 21.9 Å². The number of piperazine rings is 2. The van der Waals surface area contributed by atoms with Crippen molar-refractivity contribution in [3.63, 3.8) is 0 Å². The van der Waals surface area contributed by atoms with Crippen LogP contribution in [0.25, 0.3) is 0 Å². The van der Waals surface area contributed by atoms with Gasteiger partial charge >= 0.3 is 0 Å². The Labute approximate surface area is 202 Å². The number of carbonyl (C=O) groups is 1. The summed E-state index contributed by atoms with van der Waals surface area (Å²) in [4.78, 5) is 19.9. The van der Waals surface area contributed by atoms with Crippen molar-refractivity contribution < 1.29 is 17.9 Å². The molecule has 2 aromatic carbocycles. The summed E-state index contributed by atoms with van der Waals surface area (Å²) in [6.07, 6.45) is 0. The monoisotopic (exact) mass is 486 g/mol. The molecule has 0 unspecified atom stereocenters. The Bertz CT molecular complexity index is 1050. The number of ether oxygens (including phenoxy) is 1. The second kappa shape index (κ2) is 10.9. The summed E-state index contributed by atoms with van der Waals surface area (Å²) in [5.41, 5.74) is 1.25. The molecule has 2 saturated heterocycles. The van der Waals surface area contributed by atoms with Crippen LogP contribution in [0.4, 0.5) is 0 Å². The normalized spacial score (nSPS) is 19.6. The van der Waals surface area contributed by atoms with Crippen molar-refractivity contribution in [3.8, 4) is 5.75 Å². The zero-order valence-corrected chi connectivity index (χ0v) is 20.8. The molecule has 2 aromatic rings. The molecule has 0 bridgehead atoms. The minimum absolute atomic E-state index is 0.0837. The van der Waals surface area contributed by atoms with Gasteiger partial charge in [-0.25, -0.2) is 8.42 Å². The maximum absolute atomic E-state index is 13.1. The van der Waals surface area contributed by atoms with Gasteiger partial charge in [0.1, 0.15) is 5.75 Å². The number of amides is 1. The van der Waals surface area contributed by atoms with Crippen LogP contribution in [0.3, 0.4) is 0 Å². The van der Waals surface area contributed by atoms with E-state index in [1.54, 1.807) is 37.4 Å². The first-order valence-electron chi connectivity index (χ1n) is 11.8. The molecule has 0 radical (unpaired) electrons. The van der Waals surface area contributed by atoms with E-state index in [1.807, 2.05) is 24.0 Å². The highest BCUT2D eigenvalue weighted by atomic mass is 32.2. The third-order valence-corrected chi connectivity index (χ3v) is 8.72. The molecule has 2 heterocycles. The van der Waals surface area contributed by atoms with E-state index in [-0.39, 0.29) is 11.9 Å². The number of carbonyl (C=O) groups excluding carboxylic acids is 1. The van der Waals surface area contributed by atoms with Crippen LogP contribution in [0.2, 0.25) is 0 Å². The molecule has 9 heteroatoms. The predicted molar refractivity (Wildman–Crippen MR) is 131 cm³/mol. The van der Waals surface area contributed by atoms with E-state index in [0.29, 0.717) is 31.1 Å². The summed E-state index contributed by atoms with van der Waals surface area (Å²) >= 11 is 0. The zero-order chi connectivity index (χ0) is 24.1. The van der Waals surface area contributed by atoms with Crippen LogP contribution in [0.15, 0.2) is 59.5 Å². The molecule has 2 aliphatic heterocycles. The molecule has 184 valence electrons. The zero-order valence-electron chi connectivity index (χ0n) is 20.0. The van der Waals surface area contributed by atoms with Crippen LogP contribution in [-0.2, 0) is 21.4 Å². The average Bonchev–Trinajstić information content (AvgIpc) is 2.89. The second-order valence-corrected chi connectivity index (χ2v) is 10.8. The number of benzene rings is 2. The number of rotatable bonds is 7. The highest BCUT2D eigenvalue weighted by molar-refractivity contribution is 7.89. The number of nitrogens with zero attached hydrogens (tertiary/aromatic N) is 4. The van der Waals surface area contributed by atoms with E-state index in [4.69, 9.17) is 4.74 Å². The van der Waals surface area contributed by atoms with Crippen LogP contribution in [0.1, 0.15) is 12.5 Å². The first-order valence-corrected chi connectivity index (χ1v) is 13.3. The third-order valence-electron chi connectivity index (χ3n) is 6.81. The van der Waals surface area contributed by atoms with Crippen molar-refractivity contribution in [1.29, 1.82) is 0 Å². The molecule has 0 saturated carbocycles. The Hall–Kier alpha value is -2.46. The number of hydrogen-bond donors (Lipinski definition) is 0. The van der Waals surface area contributed by atoms with Crippen molar-refractivity contribution in [2.75, 3.05) is 59.5 Å². The van der Waals surface area contributed by atoms with Gasteiger partial charge in [0.05, 0.1) is 18.0 Å². The van der Waals surface area contributed by atoms with Crippen molar-refractivity contribution in [2.24, 2.45) is 0 Å². The molecule has 0 aromatic heterocycles. The topological polar surface area (TPSA) is 73.4 Å². The average molecular weight is 487 g/mol. The minimum atomic E-state index is -3.52. The van der Waals surface area contributed by atoms with Gasteiger partial charge in [0, 0.05) is 58.9 Å². The molecule has 1 amide bonds. The predicted octanol–water partition coefficient (Wildman–Crippen LogP) is 1.73. The largest absolute Gasteiger partial charge is 0.497 e.